The third-order valence-electron chi connectivity index (χ3n) is 9.54. The number of hydrogen-bond acceptors (Lipinski definition) is 14. The van der Waals surface area contributed by atoms with Crippen molar-refractivity contribution < 1.29 is 68.8 Å². The number of aliphatic carboxylic acids is 2. The number of carbonyl (C=O) groups is 4. The number of nitrogens with one attached hydrogen (secondary N) is 1. The summed E-state index contributed by atoms with van der Waals surface area (Å²) in [6.07, 6.45) is 0. The van der Waals surface area contributed by atoms with Crippen molar-refractivity contribution in [2.75, 3.05) is 0 Å². The van der Waals surface area contributed by atoms with E-state index in [-0.39, 0.29) is 23.0 Å². The van der Waals surface area contributed by atoms with Crippen molar-refractivity contribution in [2.45, 2.75) is 11.2 Å². The van der Waals surface area contributed by atoms with Gasteiger partial charge in [0.25, 0.3) is 0 Å². The number of isothiocyanates is 1. The molecule has 2 spiro atoms. The van der Waals surface area contributed by atoms with Crippen LogP contribution < -0.4 is 9.47 Å². The van der Waals surface area contributed by atoms with E-state index in [4.69, 9.17) is 44.2 Å². The zero-order valence-electron chi connectivity index (χ0n) is 29.9. The lowest BCUT2D eigenvalue weighted by atomic mass is 9.77. The van der Waals surface area contributed by atoms with Gasteiger partial charge in [0.05, 0.1) is 16.3 Å². The minimum Gasteiger partial charge on any atom is -0.508 e. The fourth-order valence-electron chi connectivity index (χ4n) is 7.31. The van der Waals surface area contributed by atoms with Gasteiger partial charge >= 0.3 is 23.9 Å². The fourth-order valence-corrected chi connectivity index (χ4v) is 7.31. The molecule has 16 heteroatoms. The van der Waals surface area contributed by atoms with E-state index in [1.54, 1.807) is 53.7 Å². The normalized spacial score (nSPS) is 14.2. The van der Waals surface area contributed by atoms with Gasteiger partial charge in [0.2, 0.25) is 0 Å². The molecule has 6 aromatic rings. The topological polar surface area (TPSA) is 250 Å². The molecule has 4 aliphatic rings. The summed E-state index contributed by atoms with van der Waals surface area (Å²) in [5, 5.41) is 61.5. The molecule has 7 N–H and O–H groups in total. The van der Waals surface area contributed by atoms with Gasteiger partial charge in [-0.1, -0.05) is 36.4 Å². The van der Waals surface area contributed by atoms with Gasteiger partial charge in [-0.2, -0.15) is 0 Å². The molecular weight excluding hydrogens is 787 g/mol. The molecule has 4 aliphatic heterocycles. The average molecular weight is 814 g/mol. The van der Waals surface area contributed by atoms with Crippen molar-refractivity contribution in [3.63, 3.8) is 0 Å². The van der Waals surface area contributed by atoms with Crippen LogP contribution >= 0.6 is 12.2 Å². The Morgan fingerprint density at radius 3 is 1.03 bits per heavy atom. The molecule has 0 aromatic heterocycles. The van der Waals surface area contributed by atoms with Crippen LogP contribution in [0.1, 0.15) is 54.1 Å². The van der Waals surface area contributed by atoms with E-state index in [1.165, 1.54) is 48.5 Å². The first kappa shape index (κ1) is 39.1. The number of carboxylic acids is 2. The predicted octanol–water partition coefficient (Wildman–Crippen LogP) is 7.16. The average Bonchev–Trinajstić information content (AvgIpc) is 3.66. The van der Waals surface area contributed by atoms with Crippen LogP contribution in [-0.2, 0) is 30.3 Å². The molecule has 0 saturated heterocycles. The number of benzene rings is 6. The van der Waals surface area contributed by atoms with E-state index >= 15 is 0 Å². The van der Waals surface area contributed by atoms with Crippen LogP contribution in [0.3, 0.4) is 0 Å². The first-order chi connectivity index (χ1) is 28.2. The maximum Gasteiger partial charge on any atom is 0.414 e. The van der Waals surface area contributed by atoms with E-state index < -0.39 is 35.1 Å². The lowest BCUT2D eigenvalue weighted by Gasteiger charge is -2.36. The molecule has 0 atom stereocenters. The van der Waals surface area contributed by atoms with Gasteiger partial charge in [0.1, 0.15) is 46.0 Å². The summed E-state index contributed by atoms with van der Waals surface area (Å²) in [5.41, 5.74) is 2.57. The summed E-state index contributed by atoms with van der Waals surface area (Å²) >= 11 is 3.81. The number of carbonyl (C=O) groups excluding carboxylic acids is 2. The Balaban J connectivity index is 0.000000149. The molecule has 0 fully saturated rings. The molecular formula is C43H27NO14S. The number of ether oxygens (including phenoxy) is 4. The quantitative estimate of drug-likeness (QED) is 0.0348. The molecule has 294 valence electrons. The maximum atomic E-state index is 12.5. The highest BCUT2D eigenvalue weighted by Gasteiger charge is 2.55. The van der Waals surface area contributed by atoms with E-state index in [0.717, 1.165) is 0 Å². The summed E-state index contributed by atoms with van der Waals surface area (Å²) in [6, 6.07) is 33.2. The monoisotopic (exact) mass is 813 g/mol. The number of phenols is 4. The molecule has 15 nitrogen and oxygen atoms in total. The molecule has 59 heavy (non-hydrogen) atoms. The van der Waals surface area contributed by atoms with Crippen molar-refractivity contribution in [3.05, 3.63) is 166 Å². The van der Waals surface area contributed by atoms with Crippen molar-refractivity contribution in [2.24, 2.45) is 0 Å². The maximum absolute atomic E-state index is 12.5. The van der Waals surface area contributed by atoms with Crippen LogP contribution in [-0.4, -0.2) is 59.7 Å². The SMILES string of the molecule is N=C=S.O=C(O)C(=O)O.O=C1OC2(c3ccc(O)cc3Oc3cc(O)ccc32)c2ccccc21.O=C1OC2(c3ccc(O)cc3Oc3cc(O)ccc32)c2ccccc21. The molecule has 0 aliphatic carbocycles. The predicted molar refractivity (Wildman–Crippen MR) is 207 cm³/mol. The van der Waals surface area contributed by atoms with Crippen LogP contribution in [0.4, 0.5) is 0 Å². The summed E-state index contributed by atoms with van der Waals surface area (Å²) in [7, 11) is 0. The number of phenolic OH excluding ortho intramolecular Hbond substituents is 4. The van der Waals surface area contributed by atoms with Crippen molar-refractivity contribution >= 4 is 41.3 Å². The van der Waals surface area contributed by atoms with Gasteiger partial charge in [-0.3, -0.25) is 0 Å². The summed E-state index contributed by atoms with van der Waals surface area (Å²) in [4.78, 5) is 43.3. The van der Waals surface area contributed by atoms with E-state index in [9.17, 15) is 30.0 Å². The van der Waals surface area contributed by atoms with Gasteiger partial charge in [-0.25, -0.2) is 24.6 Å². The van der Waals surface area contributed by atoms with E-state index in [2.05, 4.69) is 12.2 Å². The molecule has 0 radical (unpaired) electrons. The Labute approximate surface area is 337 Å². The number of hydrogen-bond donors (Lipinski definition) is 7. The van der Waals surface area contributed by atoms with Crippen LogP contribution in [0.2, 0.25) is 0 Å². The Hall–Kier alpha value is -8.20. The van der Waals surface area contributed by atoms with Crippen LogP contribution in [0.25, 0.3) is 0 Å². The van der Waals surface area contributed by atoms with Crippen LogP contribution in [0.15, 0.2) is 121 Å². The second-order valence-corrected chi connectivity index (χ2v) is 13.1. The molecule has 0 amide bonds. The van der Waals surface area contributed by atoms with E-state index in [1.807, 2.05) is 24.3 Å². The first-order valence-corrected chi connectivity index (χ1v) is 17.5. The minimum absolute atomic E-state index is 0.0371. The molecule has 4 heterocycles. The lowest BCUT2D eigenvalue weighted by molar-refractivity contribution is -0.159. The van der Waals surface area contributed by atoms with E-state index in [0.29, 0.717) is 67.5 Å². The highest BCUT2D eigenvalue weighted by molar-refractivity contribution is 7.78. The lowest BCUT2D eigenvalue weighted by Crippen LogP contribution is -2.32. The minimum atomic E-state index is -1.82. The Morgan fingerprint density at radius 1 is 0.492 bits per heavy atom. The highest BCUT2D eigenvalue weighted by Crippen LogP contribution is 2.58. The summed E-state index contributed by atoms with van der Waals surface area (Å²) in [5.74, 6) is -2.83. The van der Waals surface area contributed by atoms with Gasteiger partial charge in [0.15, 0.2) is 11.2 Å². The molecule has 10 rings (SSSR count). The largest absolute Gasteiger partial charge is 0.508 e. The number of esters is 2. The Bertz CT molecular complexity index is 2490. The number of fused-ring (bicyclic) bond motifs is 12. The zero-order chi connectivity index (χ0) is 42.2. The number of carboxylic acid groups (broad SMARTS) is 2. The van der Waals surface area contributed by atoms with Gasteiger partial charge in [-0.15, -0.1) is 0 Å². The smallest absolute Gasteiger partial charge is 0.414 e. The van der Waals surface area contributed by atoms with Crippen molar-refractivity contribution in [3.8, 4) is 46.0 Å². The second-order valence-electron chi connectivity index (χ2n) is 12.9. The van der Waals surface area contributed by atoms with Crippen LogP contribution in [0, 0.1) is 5.41 Å². The number of rotatable bonds is 0. The summed E-state index contributed by atoms with van der Waals surface area (Å²) < 4.78 is 23.6. The Morgan fingerprint density at radius 2 is 0.763 bits per heavy atom. The number of aromatic hydroxyl groups is 4. The molecule has 0 saturated carbocycles. The first-order valence-electron chi connectivity index (χ1n) is 17.1. The van der Waals surface area contributed by atoms with Crippen molar-refractivity contribution in [1.29, 1.82) is 5.41 Å². The molecule has 0 unspecified atom stereocenters. The van der Waals surface area contributed by atoms with Gasteiger partial charge in [-0.05, 0) is 72.9 Å². The molecule has 6 aromatic carbocycles. The fraction of sp³-hybridized carbons (Fsp3) is 0.0465. The zero-order valence-corrected chi connectivity index (χ0v) is 30.7. The van der Waals surface area contributed by atoms with Crippen molar-refractivity contribution in [1.82, 2.24) is 0 Å². The van der Waals surface area contributed by atoms with Crippen LogP contribution in [0.5, 0.6) is 46.0 Å². The number of thiocarbonyl (C=S) groups is 1. The highest BCUT2D eigenvalue weighted by atomic mass is 32.1. The molecule has 0 bridgehead atoms. The third-order valence-corrected chi connectivity index (χ3v) is 9.54. The Kier molecular flexibility index (Phi) is 9.95. The van der Waals surface area contributed by atoms with Gasteiger partial charge in [0, 0.05) is 57.6 Å². The third kappa shape index (κ3) is 6.55. The standard InChI is InChI=1S/2C20H12O5.C2H2O4.CHNS/c2*21-11-5-7-15-17(9-11)24-18-10-12(22)6-8-16(18)20(15)14-4-2-1-3-13(14)19(23)25-20;3-1(4)2(5)6;2-1-3/h2*1-10,21-22H;(H,3,4)(H,5,6);2H. The van der Waals surface area contributed by atoms with Gasteiger partial charge < -0.3 is 49.6 Å². The summed E-state index contributed by atoms with van der Waals surface area (Å²) in [6.45, 7) is 0. The second kappa shape index (κ2) is 15.0.